The molecule has 1 aromatic carbocycles. The standard InChI is InChI=1S/C27H34F2N4O2S/c1-6-17-36-21-12-10-18(28)25(24(21)29)32-16-14-19-20(32)11-13-22(30-19)31(5)23-9-7-8-15-33(23)26(34)35-27(2,3)4/h10-14,16,23H,6-9,15,17H2,1-5H3. The van der Waals surface area contributed by atoms with Crippen molar-refractivity contribution in [2.24, 2.45) is 0 Å². The Labute approximate surface area is 215 Å². The summed E-state index contributed by atoms with van der Waals surface area (Å²) >= 11 is 1.38. The number of likely N-dealkylation sites (tertiary alicyclic amines) is 1. The highest BCUT2D eigenvalue weighted by atomic mass is 32.2. The van der Waals surface area contributed by atoms with Crippen LogP contribution in [0.25, 0.3) is 16.7 Å². The van der Waals surface area contributed by atoms with Crippen LogP contribution in [0.2, 0.25) is 0 Å². The summed E-state index contributed by atoms with van der Waals surface area (Å²) in [5, 5.41) is 0. The molecular weight excluding hydrogens is 482 g/mol. The highest BCUT2D eigenvalue weighted by Gasteiger charge is 2.33. The molecule has 1 aliphatic rings. The first-order valence-corrected chi connectivity index (χ1v) is 13.4. The van der Waals surface area contributed by atoms with E-state index in [0.29, 0.717) is 28.3 Å². The van der Waals surface area contributed by atoms with E-state index < -0.39 is 17.2 Å². The molecule has 2 aromatic heterocycles. The average molecular weight is 517 g/mol. The van der Waals surface area contributed by atoms with Gasteiger partial charge in [0.15, 0.2) is 5.82 Å². The lowest BCUT2D eigenvalue weighted by Gasteiger charge is -2.41. The molecular formula is C27H34F2N4O2S. The number of fused-ring (bicyclic) bond motifs is 1. The Hall–Kier alpha value is -2.81. The molecule has 0 spiro atoms. The lowest BCUT2D eigenvalue weighted by atomic mass is 10.1. The topological polar surface area (TPSA) is 50.6 Å². The molecule has 3 aromatic rings. The van der Waals surface area contributed by atoms with E-state index in [0.717, 1.165) is 31.4 Å². The molecule has 1 saturated heterocycles. The number of thioether (sulfide) groups is 1. The number of hydrogen-bond donors (Lipinski definition) is 0. The molecule has 0 bridgehead atoms. The van der Waals surface area contributed by atoms with Crippen LogP contribution >= 0.6 is 11.8 Å². The molecule has 3 heterocycles. The molecule has 0 aliphatic carbocycles. The van der Waals surface area contributed by atoms with Crippen LogP contribution in [0.5, 0.6) is 0 Å². The summed E-state index contributed by atoms with van der Waals surface area (Å²) in [6.45, 7) is 8.22. The van der Waals surface area contributed by atoms with Gasteiger partial charge in [0.2, 0.25) is 0 Å². The summed E-state index contributed by atoms with van der Waals surface area (Å²) in [6, 6.07) is 8.20. The van der Waals surface area contributed by atoms with Gasteiger partial charge in [-0.2, -0.15) is 0 Å². The molecule has 0 radical (unpaired) electrons. The highest BCUT2D eigenvalue weighted by Crippen LogP contribution is 2.32. The average Bonchev–Trinajstić information content (AvgIpc) is 3.25. The Morgan fingerprint density at radius 1 is 1.19 bits per heavy atom. The van der Waals surface area contributed by atoms with Gasteiger partial charge in [-0.05, 0) is 82.5 Å². The Kier molecular flexibility index (Phi) is 7.78. The zero-order valence-corrected chi connectivity index (χ0v) is 22.4. The van der Waals surface area contributed by atoms with Crippen LogP contribution in [0.3, 0.4) is 0 Å². The fourth-order valence-corrected chi connectivity index (χ4v) is 5.28. The van der Waals surface area contributed by atoms with Crippen molar-refractivity contribution in [3.05, 3.63) is 48.2 Å². The smallest absolute Gasteiger partial charge is 0.411 e. The lowest BCUT2D eigenvalue weighted by molar-refractivity contribution is 0.00995. The molecule has 36 heavy (non-hydrogen) atoms. The quantitative estimate of drug-likeness (QED) is 0.331. The minimum absolute atomic E-state index is 0.0996. The normalized spacial score (nSPS) is 16.4. The number of halogens is 2. The second-order valence-corrected chi connectivity index (χ2v) is 11.2. The summed E-state index contributed by atoms with van der Waals surface area (Å²) in [5.74, 6) is 0.242. The van der Waals surface area contributed by atoms with Crippen LogP contribution in [0.1, 0.15) is 53.4 Å². The molecule has 1 unspecified atom stereocenters. The summed E-state index contributed by atoms with van der Waals surface area (Å²) < 4.78 is 37.2. The number of aromatic nitrogens is 2. The number of anilines is 1. The van der Waals surface area contributed by atoms with Gasteiger partial charge >= 0.3 is 6.09 Å². The molecule has 9 heteroatoms. The number of pyridine rings is 1. The predicted molar refractivity (Wildman–Crippen MR) is 141 cm³/mol. The number of carbonyl (C=O) groups is 1. The number of rotatable bonds is 6. The number of ether oxygens (including phenoxy) is 1. The van der Waals surface area contributed by atoms with Gasteiger partial charge in [-0.1, -0.05) is 6.92 Å². The molecule has 194 valence electrons. The molecule has 0 saturated carbocycles. The van der Waals surface area contributed by atoms with E-state index in [2.05, 4.69) is 0 Å². The van der Waals surface area contributed by atoms with Crippen molar-refractivity contribution >= 4 is 34.7 Å². The zero-order valence-electron chi connectivity index (χ0n) is 21.6. The molecule has 6 nitrogen and oxygen atoms in total. The fraction of sp³-hybridized carbons (Fsp3) is 0.481. The van der Waals surface area contributed by atoms with Gasteiger partial charge in [0.05, 0.1) is 11.0 Å². The van der Waals surface area contributed by atoms with Crippen LogP contribution < -0.4 is 4.90 Å². The van der Waals surface area contributed by atoms with Gasteiger partial charge in [-0.3, -0.25) is 4.90 Å². The van der Waals surface area contributed by atoms with Crippen molar-refractivity contribution in [2.45, 2.75) is 70.0 Å². The van der Waals surface area contributed by atoms with E-state index in [9.17, 15) is 9.18 Å². The van der Waals surface area contributed by atoms with E-state index in [4.69, 9.17) is 9.72 Å². The van der Waals surface area contributed by atoms with Crippen LogP contribution in [-0.4, -0.2) is 51.7 Å². The molecule has 0 N–H and O–H groups in total. The second kappa shape index (κ2) is 10.7. The van der Waals surface area contributed by atoms with Crippen molar-refractivity contribution in [2.75, 3.05) is 24.2 Å². The Morgan fingerprint density at radius 3 is 2.69 bits per heavy atom. The molecule has 1 amide bonds. The number of piperidine rings is 1. The largest absolute Gasteiger partial charge is 0.444 e. The number of carbonyl (C=O) groups excluding carboxylic acids is 1. The third kappa shape index (κ3) is 5.45. The van der Waals surface area contributed by atoms with Crippen molar-refractivity contribution in [1.82, 2.24) is 14.5 Å². The summed E-state index contributed by atoms with van der Waals surface area (Å²) in [5.41, 5.74) is 0.547. The fourth-order valence-electron chi connectivity index (χ4n) is 4.47. The molecule has 1 aliphatic heterocycles. The number of hydrogen-bond acceptors (Lipinski definition) is 5. The van der Waals surface area contributed by atoms with E-state index >= 15 is 4.39 Å². The maximum absolute atomic E-state index is 15.3. The van der Waals surface area contributed by atoms with Gasteiger partial charge < -0.3 is 14.2 Å². The molecule has 1 atom stereocenters. The van der Waals surface area contributed by atoms with Crippen LogP contribution in [0, 0.1) is 11.6 Å². The monoisotopic (exact) mass is 516 g/mol. The van der Waals surface area contributed by atoms with E-state index in [1.54, 1.807) is 17.2 Å². The molecule has 4 rings (SSSR count). The Morgan fingerprint density at radius 2 is 1.97 bits per heavy atom. The maximum atomic E-state index is 15.3. The Bertz CT molecular complexity index is 1240. The first-order chi connectivity index (χ1) is 17.1. The van der Waals surface area contributed by atoms with Crippen LogP contribution in [-0.2, 0) is 4.74 Å². The third-order valence-electron chi connectivity index (χ3n) is 6.17. The van der Waals surface area contributed by atoms with Gasteiger partial charge in [-0.15, -0.1) is 11.8 Å². The summed E-state index contributed by atoms with van der Waals surface area (Å²) in [4.78, 5) is 21.8. The minimum atomic E-state index is -0.623. The summed E-state index contributed by atoms with van der Waals surface area (Å²) in [7, 11) is 1.91. The van der Waals surface area contributed by atoms with Crippen LogP contribution in [0.15, 0.2) is 41.4 Å². The van der Waals surface area contributed by atoms with Crippen LogP contribution in [0.4, 0.5) is 19.4 Å². The Balaban J connectivity index is 1.64. The SMILES string of the molecule is CCCSc1ccc(F)c(-n2ccc3nc(N(C)C4CCCCN4C(=O)OC(C)(C)C)ccc32)c1F. The van der Waals surface area contributed by atoms with Crippen molar-refractivity contribution in [3.8, 4) is 5.69 Å². The first kappa shape index (κ1) is 26.3. The van der Waals surface area contributed by atoms with Gasteiger partial charge in [-0.25, -0.2) is 18.6 Å². The molecule has 1 fully saturated rings. The minimum Gasteiger partial charge on any atom is -0.444 e. The lowest BCUT2D eigenvalue weighted by Crippen LogP contribution is -2.53. The highest BCUT2D eigenvalue weighted by molar-refractivity contribution is 7.99. The third-order valence-corrected chi connectivity index (χ3v) is 7.41. The second-order valence-electron chi connectivity index (χ2n) is 10.1. The predicted octanol–water partition coefficient (Wildman–Crippen LogP) is 6.99. The van der Waals surface area contributed by atoms with Crippen molar-refractivity contribution in [1.29, 1.82) is 0 Å². The van der Waals surface area contributed by atoms with Crippen molar-refractivity contribution in [3.63, 3.8) is 0 Å². The first-order valence-electron chi connectivity index (χ1n) is 12.4. The zero-order chi connectivity index (χ0) is 26.0. The van der Waals surface area contributed by atoms with Gasteiger partial charge in [0.25, 0.3) is 0 Å². The number of nitrogens with zero attached hydrogens (tertiary/aromatic N) is 4. The summed E-state index contributed by atoms with van der Waals surface area (Å²) in [6.07, 6.45) is 4.74. The van der Waals surface area contributed by atoms with E-state index in [1.807, 2.05) is 51.8 Å². The number of benzene rings is 1. The van der Waals surface area contributed by atoms with Crippen molar-refractivity contribution < 1.29 is 18.3 Å². The maximum Gasteiger partial charge on any atom is 0.411 e. The van der Waals surface area contributed by atoms with Gasteiger partial charge in [0.1, 0.15) is 29.1 Å². The van der Waals surface area contributed by atoms with E-state index in [1.165, 1.54) is 28.5 Å². The number of amides is 1. The van der Waals surface area contributed by atoms with Gasteiger partial charge in [0, 0.05) is 24.7 Å². The van der Waals surface area contributed by atoms with E-state index in [-0.39, 0.29) is 17.9 Å².